The van der Waals surface area contributed by atoms with E-state index >= 15 is 0 Å². The van der Waals surface area contributed by atoms with Crippen molar-refractivity contribution in [1.29, 1.82) is 0 Å². The van der Waals surface area contributed by atoms with Crippen molar-refractivity contribution in [2.24, 2.45) is 0 Å². The summed E-state index contributed by atoms with van der Waals surface area (Å²) in [6, 6.07) is 0. The van der Waals surface area contributed by atoms with Crippen LogP contribution in [0.25, 0.3) is 0 Å². The maximum Gasteiger partial charge on any atom is 0.122 e. The molecule has 0 saturated carbocycles. The van der Waals surface area contributed by atoms with Gasteiger partial charge in [0.2, 0.25) is 0 Å². The molecule has 4 heteroatoms. The number of methoxy groups -OCH3 is 1. The molecular weight excluding hydrogens is 184 g/mol. The fourth-order valence-electron chi connectivity index (χ4n) is 2.06. The van der Waals surface area contributed by atoms with Crippen LogP contribution < -0.4 is 0 Å². The molecule has 1 unspecified atom stereocenters. The minimum atomic E-state index is -1.31. The van der Waals surface area contributed by atoms with Gasteiger partial charge in [-0.25, -0.2) is 0 Å². The number of aliphatic hydroxyl groups is 2. The summed E-state index contributed by atoms with van der Waals surface area (Å²) in [6.07, 6.45) is -1.59. The van der Waals surface area contributed by atoms with Crippen LogP contribution in [0.2, 0.25) is 0 Å². The molecule has 5 atom stereocenters. The summed E-state index contributed by atoms with van der Waals surface area (Å²) in [4.78, 5) is 0. The average Bonchev–Trinajstić information content (AvgIpc) is 2.12. The third-order valence-electron chi connectivity index (χ3n) is 3.64. The summed E-state index contributed by atoms with van der Waals surface area (Å²) in [5.74, 6) is 0. The minimum Gasteiger partial charge on any atom is -0.387 e. The standard InChI is InChI=1S/C10H20O4/c1-6-8(11)9(3,12)10(4,13-5)7(2)14-6/h6-8,11-12H,1-5H3/t6-,7?,8+,9+,10+/m1/s1. The van der Waals surface area contributed by atoms with Gasteiger partial charge in [0, 0.05) is 7.11 Å². The summed E-state index contributed by atoms with van der Waals surface area (Å²) < 4.78 is 10.8. The van der Waals surface area contributed by atoms with E-state index in [1.165, 1.54) is 7.11 Å². The normalized spacial score (nSPS) is 54.6. The van der Waals surface area contributed by atoms with Crippen LogP contribution in [0, 0.1) is 0 Å². The predicted molar refractivity (Wildman–Crippen MR) is 52.1 cm³/mol. The fraction of sp³-hybridized carbons (Fsp3) is 1.00. The van der Waals surface area contributed by atoms with Crippen LogP contribution in [0.1, 0.15) is 27.7 Å². The maximum atomic E-state index is 10.2. The minimum absolute atomic E-state index is 0.263. The lowest BCUT2D eigenvalue weighted by Gasteiger charge is -2.53. The highest BCUT2D eigenvalue weighted by molar-refractivity contribution is 5.08. The van der Waals surface area contributed by atoms with Crippen LogP contribution >= 0.6 is 0 Å². The first-order chi connectivity index (χ1) is 6.27. The van der Waals surface area contributed by atoms with E-state index in [9.17, 15) is 10.2 Å². The Hall–Kier alpha value is -0.160. The number of aliphatic hydroxyl groups excluding tert-OH is 1. The molecule has 0 amide bonds. The third-order valence-corrected chi connectivity index (χ3v) is 3.64. The number of hydrogen-bond acceptors (Lipinski definition) is 4. The molecule has 14 heavy (non-hydrogen) atoms. The Morgan fingerprint density at radius 1 is 1.29 bits per heavy atom. The van der Waals surface area contributed by atoms with Gasteiger partial charge in [-0.1, -0.05) is 0 Å². The van der Waals surface area contributed by atoms with Gasteiger partial charge in [-0.2, -0.15) is 0 Å². The predicted octanol–water partition coefficient (Wildman–Crippen LogP) is 0.311. The van der Waals surface area contributed by atoms with Crippen LogP contribution in [0.15, 0.2) is 0 Å². The lowest BCUT2D eigenvalue weighted by atomic mass is 9.74. The zero-order chi connectivity index (χ0) is 11.1. The third kappa shape index (κ3) is 1.37. The van der Waals surface area contributed by atoms with E-state index in [-0.39, 0.29) is 12.2 Å². The molecule has 84 valence electrons. The second-order valence-electron chi connectivity index (χ2n) is 4.39. The van der Waals surface area contributed by atoms with Crippen molar-refractivity contribution in [2.75, 3.05) is 7.11 Å². The summed E-state index contributed by atoms with van der Waals surface area (Å²) in [5, 5.41) is 20.1. The van der Waals surface area contributed by atoms with E-state index in [0.29, 0.717) is 0 Å². The van der Waals surface area contributed by atoms with E-state index in [1.807, 2.05) is 6.92 Å². The second kappa shape index (κ2) is 3.45. The van der Waals surface area contributed by atoms with E-state index < -0.39 is 17.3 Å². The first kappa shape index (κ1) is 11.9. The van der Waals surface area contributed by atoms with Gasteiger partial charge in [0.15, 0.2) is 0 Å². The van der Waals surface area contributed by atoms with Crippen molar-refractivity contribution in [3.63, 3.8) is 0 Å². The van der Waals surface area contributed by atoms with E-state index in [0.717, 1.165) is 0 Å². The first-order valence-electron chi connectivity index (χ1n) is 4.88. The number of hydrogen-bond donors (Lipinski definition) is 2. The Morgan fingerprint density at radius 3 is 2.21 bits per heavy atom. The Labute approximate surface area is 84.8 Å². The van der Waals surface area contributed by atoms with Gasteiger partial charge in [-0.3, -0.25) is 0 Å². The average molecular weight is 204 g/mol. The maximum absolute atomic E-state index is 10.2. The summed E-state index contributed by atoms with van der Waals surface area (Å²) in [5.41, 5.74) is -2.20. The van der Waals surface area contributed by atoms with Gasteiger partial charge in [-0.15, -0.1) is 0 Å². The van der Waals surface area contributed by atoms with Crippen molar-refractivity contribution >= 4 is 0 Å². The van der Waals surface area contributed by atoms with Crippen molar-refractivity contribution in [2.45, 2.75) is 57.2 Å². The van der Waals surface area contributed by atoms with Crippen molar-refractivity contribution in [3.05, 3.63) is 0 Å². The molecule has 1 saturated heterocycles. The fourth-order valence-corrected chi connectivity index (χ4v) is 2.06. The second-order valence-corrected chi connectivity index (χ2v) is 4.39. The van der Waals surface area contributed by atoms with Gasteiger partial charge in [-0.05, 0) is 27.7 Å². The first-order valence-corrected chi connectivity index (χ1v) is 4.88. The van der Waals surface area contributed by atoms with Crippen molar-refractivity contribution in [1.82, 2.24) is 0 Å². The van der Waals surface area contributed by atoms with Crippen LogP contribution in [0.5, 0.6) is 0 Å². The van der Waals surface area contributed by atoms with Gasteiger partial charge in [0.25, 0.3) is 0 Å². The Kier molecular flexibility index (Phi) is 2.94. The van der Waals surface area contributed by atoms with Crippen molar-refractivity contribution in [3.8, 4) is 0 Å². The molecule has 0 aliphatic carbocycles. The summed E-state index contributed by atoms with van der Waals surface area (Å²) in [7, 11) is 1.51. The van der Waals surface area contributed by atoms with Crippen molar-refractivity contribution < 1.29 is 19.7 Å². The smallest absolute Gasteiger partial charge is 0.122 e. The molecule has 2 N–H and O–H groups in total. The molecule has 0 aromatic carbocycles. The zero-order valence-corrected chi connectivity index (χ0v) is 9.44. The molecule has 1 aliphatic rings. The molecule has 0 aromatic heterocycles. The topological polar surface area (TPSA) is 58.9 Å². The van der Waals surface area contributed by atoms with Crippen LogP contribution in [-0.2, 0) is 9.47 Å². The van der Waals surface area contributed by atoms with Gasteiger partial charge >= 0.3 is 0 Å². The quantitative estimate of drug-likeness (QED) is 0.645. The van der Waals surface area contributed by atoms with Crippen LogP contribution in [-0.4, -0.2) is 46.8 Å². The number of rotatable bonds is 1. The molecule has 4 nitrogen and oxygen atoms in total. The molecular formula is C10H20O4. The summed E-state index contributed by atoms with van der Waals surface area (Å²) in [6.45, 7) is 6.90. The lowest BCUT2D eigenvalue weighted by Crippen LogP contribution is -2.70. The molecule has 1 fully saturated rings. The van der Waals surface area contributed by atoms with Gasteiger partial charge in [0.05, 0.1) is 12.2 Å². The largest absolute Gasteiger partial charge is 0.387 e. The van der Waals surface area contributed by atoms with Crippen LogP contribution in [0.3, 0.4) is 0 Å². The molecule has 0 aromatic rings. The molecule has 1 heterocycles. The zero-order valence-electron chi connectivity index (χ0n) is 9.44. The van der Waals surface area contributed by atoms with Gasteiger partial charge < -0.3 is 19.7 Å². The monoisotopic (exact) mass is 204 g/mol. The van der Waals surface area contributed by atoms with Crippen LogP contribution in [0.4, 0.5) is 0 Å². The molecule has 0 spiro atoms. The Bertz CT molecular complexity index is 216. The van der Waals surface area contributed by atoms with E-state index in [2.05, 4.69) is 0 Å². The molecule has 1 rings (SSSR count). The SMILES string of the molecule is CO[C@@]1(C)C(C)O[C@H](C)[C@H](O)[C@]1(C)O. The van der Waals surface area contributed by atoms with Gasteiger partial charge in [0.1, 0.15) is 17.3 Å². The van der Waals surface area contributed by atoms with E-state index in [1.54, 1.807) is 20.8 Å². The Balaban J connectivity index is 3.05. The highest BCUT2D eigenvalue weighted by atomic mass is 16.6. The highest BCUT2D eigenvalue weighted by Gasteiger charge is 2.58. The van der Waals surface area contributed by atoms with E-state index in [4.69, 9.17) is 9.47 Å². The summed E-state index contributed by atoms with van der Waals surface area (Å²) >= 11 is 0. The lowest BCUT2D eigenvalue weighted by molar-refractivity contribution is -0.304. The molecule has 0 bridgehead atoms. The molecule has 1 aliphatic heterocycles. The Morgan fingerprint density at radius 2 is 1.79 bits per heavy atom. The molecule has 0 radical (unpaired) electrons. The highest BCUT2D eigenvalue weighted by Crippen LogP contribution is 2.39. The number of ether oxygens (including phenoxy) is 2.